The van der Waals surface area contributed by atoms with Crippen molar-refractivity contribution in [1.82, 2.24) is 25.8 Å². The van der Waals surface area contributed by atoms with Crippen LogP contribution in [0.15, 0.2) is 18.2 Å². The highest BCUT2D eigenvalue weighted by molar-refractivity contribution is 6.24. The van der Waals surface area contributed by atoms with Crippen LogP contribution in [0.3, 0.4) is 0 Å². The molecular weight excluding hydrogens is 802 g/mol. The van der Waals surface area contributed by atoms with E-state index < -0.39 is 47.8 Å². The quantitative estimate of drug-likeness (QED) is 0.0744. The van der Waals surface area contributed by atoms with E-state index in [2.05, 4.69) is 20.9 Å². The molecule has 3 N–H and O–H groups in total. The molecule has 1 aromatic rings. The summed E-state index contributed by atoms with van der Waals surface area (Å²) in [6.45, 7) is 14.2. The minimum Gasteiger partial charge on any atom is -0.483 e. The van der Waals surface area contributed by atoms with Crippen molar-refractivity contribution in [2.45, 2.75) is 64.1 Å². The van der Waals surface area contributed by atoms with Gasteiger partial charge in [-0.2, -0.15) is 0 Å². The molecule has 3 aliphatic rings. The normalized spacial score (nSPS) is 17.4. The molecule has 0 bridgehead atoms. The van der Waals surface area contributed by atoms with E-state index in [1.54, 1.807) is 0 Å². The van der Waals surface area contributed by atoms with E-state index in [4.69, 9.17) is 42.6 Å². The SMILES string of the molecule is CC(C)(C)OC(=O)NC1CCN(CCOCCOCCOCCOCCOCCOCCOCCNC(=O)COc2cccc3c2C(=O)N(C2CCC(=O)NC2=O)C3=O)CC1. The van der Waals surface area contributed by atoms with Gasteiger partial charge in [-0.05, 0) is 52.2 Å². The van der Waals surface area contributed by atoms with Gasteiger partial charge >= 0.3 is 6.09 Å². The second-order valence-electron chi connectivity index (χ2n) is 15.3. The van der Waals surface area contributed by atoms with Crippen LogP contribution in [-0.2, 0) is 52.3 Å². The summed E-state index contributed by atoms with van der Waals surface area (Å²) < 4.78 is 49.6. The van der Waals surface area contributed by atoms with Crippen LogP contribution in [0.1, 0.15) is 67.2 Å². The van der Waals surface area contributed by atoms with Crippen molar-refractivity contribution in [3.05, 3.63) is 29.3 Å². The fourth-order valence-corrected chi connectivity index (χ4v) is 6.45. The van der Waals surface area contributed by atoms with Crippen LogP contribution in [0.25, 0.3) is 0 Å². The lowest BCUT2D eigenvalue weighted by Crippen LogP contribution is -2.54. The van der Waals surface area contributed by atoms with Crippen LogP contribution in [0.5, 0.6) is 5.75 Å². The van der Waals surface area contributed by atoms with Gasteiger partial charge < -0.3 is 58.2 Å². The number of ether oxygens (including phenoxy) is 9. The van der Waals surface area contributed by atoms with Gasteiger partial charge in [0.15, 0.2) is 6.61 Å². The van der Waals surface area contributed by atoms with Gasteiger partial charge in [-0.3, -0.25) is 34.2 Å². The Bertz CT molecular complexity index is 1570. The van der Waals surface area contributed by atoms with Crippen molar-refractivity contribution < 1.29 is 71.4 Å². The number of carbonyl (C=O) groups excluding carboxylic acids is 6. The first kappa shape index (κ1) is 49.4. The molecule has 2 saturated heterocycles. The zero-order valence-corrected chi connectivity index (χ0v) is 35.7. The molecule has 6 amide bonds. The maximum atomic E-state index is 13.1. The van der Waals surface area contributed by atoms with Gasteiger partial charge in [0.05, 0.1) is 104 Å². The first-order valence-corrected chi connectivity index (χ1v) is 20.9. The fourth-order valence-electron chi connectivity index (χ4n) is 6.45. The molecule has 0 radical (unpaired) electrons. The minimum absolute atomic E-state index is 0.00957. The van der Waals surface area contributed by atoms with E-state index >= 15 is 0 Å². The molecule has 1 atom stereocenters. The highest BCUT2D eigenvalue weighted by Crippen LogP contribution is 2.33. The Labute approximate surface area is 356 Å². The second kappa shape index (κ2) is 26.9. The monoisotopic (exact) mass is 865 g/mol. The zero-order chi connectivity index (χ0) is 43.9. The van der Waals surface area contributed by atoms with Gasteiger partial charge in [0, 0.05) is 38.6 Å². The summed E-state index contributed by atoms with van der Waals surface area (Å²) in [4.78, 5) is 77.4. The number of rotatable bonds is 29. The number of likely N-dealkylation sites (tertiary alicyclic amines) is 1. The lowest BCUT2D eigenvalue weighted by molar-refractivity contribution is -0.136. The maximum Gasteiger partial charge on any atom is 0.407 e. The number of nitrogens with zero attached hydrogens (tertiary/aromatic N) is 2. The van der Waals surface area contributed by atoms with E-state index in [9.17, 15) is 28.8 Å². The Hall–Kier alpha value is -4.28. The van der Waals surface area contributed by atoms with Crippen molar-refractivity contribution in [1.29, 1.82) is 0 Å². The topological polar surface area (TPSA) is 228 Å². The third-order valence-corrected chi connectivity index (χ3v) is 9.45. The number of benzene rings is 1. The smallest absolute Gasteiger partial charge is 0.407 e. The van der Waals surface area contributed by atoms with Gasteiger partial charge in [-0.1, -0.05) is 6.07 Å². The molecule has 20 heteroatoms. The number of imide groups is 2. The van der Waals surface area contributed by atoms with Gasteiger partial charge in [0.2, 0.25) is 11.8 Å². The minimum atomic E-state index is -1.10. The zero-order valence-electron chi connectivity index (χ0n) is 35.7. The molecule has 3 heterocycles. The first-order chi connectivity index (χ1) is 29.4. The summed E-state index contributed by atoms with van der Waals surface area (Å²) in [6, 6.07) is 3.47. The van der Waals surface area contributed by atoms with Gasteiger partial charge in [0.1, 0.15) is 17.4 Å². The van der Waals surface area contributed by atoms with Crippen molar-refractivity contribution in [2.75, 3.05) is 125 Å². The Kier molecular flexibility index (Phi) is 21.8. The Morgan fingerprint density at radius 1 is 0.721 bits per heavy atom. The Morgan fingerprint density at radius 2 is 1.26 bits per heavy atom. The molecule has 61 heavy (non-hydrogen) atoms. The predicted molar refractivity (Wildman–Crippen MR) is 216 cm³/mol. The molecule has 1 unspecified atom stereocenters. The van der Waals surface area contributed by atoms with Crippen LogP contribution in [0.2, 0.25) is 0 Å². The summed E-state index contributed by atoms with van der Waals surface area (Å²) >= 11 is 0. The van der Waals surface area contributed by atoms with Crippen LogP contribution in [0.4, 0.5) is 4.79 Å². The average Bonchev–Trinajstić information content (AvgIpc) is 3.47. The van der Waals surface area contributed by atoms with E-state index in [1.807, 2.05) is 20.8 Å². The summed E-state index contributed by atoms with van der Waals surface area (Å²) in [5.74, 6) is -2.96. The van der Waals surface area contributed by atoms with E-state index in [-0.39, 0.29) is 55.0 Å². The Morgan fingerprint density at radius 3 is 1.80 bits per heavy atom. The summed E-state index contributed by atoms with van der Waals surface area (Å²) in [5.41, 5.74) is -0.461. The van der Waals surface area contributed by atoms with Gasteiger partial charge in [-0.15, -0.1) is 0 Å². The molecule has 0 saturated carbocycles. The van der Waals surface area contributed by atoms with Gasteiger partial charge in [0.25, 0.3) is 17.7 Å². The highest BCUT2D eigenvalue weighted by atomic mass is 16.6. The molecule has 342 valence electrons. The number of hydrogen-bond donors (Lipinski definition) is 3. The molecule has 0 aliphatic carbocycles. The molecule has 2 fully saturated rings. The standard InChI is InChI=1S/C41H63N5O15/c1-41(2,3)61-40(52)43-30-9-12-45(13-10-30)14-16-54-18-20-56-22-24-58-26-28-59-27-25-57-23-21-55-19-17-53-15-11-42-35(48)29-60-33-6-4-5-31-36(33)39(51)46(38(31)50)32-7-8-34(47)44-37(32)49/h4-6,30,32H,7-29H2,1-3H3,(H,42,48)(H,43,52)(H,44,47,49). The maximum absolute atomic E-state index is 13.1. The largest absolute Gasteiger partial charge is 0.483 e. The number of alkyl carbamates (subject to hydrolysis) is 1. The van der Waals surface area contributed by atoms with Crippen LogP contribution < -0.4 is 20.7 Å². The third-order valence-electron chi connectivity index (χ3n) is 9.45. The van der Waals surface area contributed by atoms with Crippen molar-refractivity contribution in [3.8, 4) is 5.75 Å². The number of amides is 6. The first-order valence-electron chi connectivity index (χ1n) is 20.9. The van der Waals surface area contributed by atoms with Crippen molar-refractivity contribution in [3.63, 3.8) is 0 Å². The third kappa shape index (κ3) is 18.3. The number of hydrogen-bond acceptors (Lipinski definition) is 16. The molecule has 0 aromatic heterocycles. The number of piperidine rings is 2. The summed E-state index contributed by atoms with van der Waals surface area (Å²) in [5, 5.41) is 7.76. The molecule has 0 spiro atoms. The fraction of sp³-hybridized carbons (Fsp3) is 0.707. The number of nitrogens with one attached hydrogen (secondary N) is 3. The molecule has 4 rings (SSSR count). The average molecular weight is 866 g/mol. The molecular formula is C41H63N5O15. The van der Waals surface area contributed by atoms with Crippen LogP contribution >= 0.6 is 0 Å². The van der Waals surface area contributed by atoms with Crippen molar-refractivity contribution >= 4 is 35.6 Å². The lowest BCUT2D eigenvalue weighted by Gasteiger charge is -2.32. The molecule has 1 aromatic carbocycles. The number of fused-ring (bicyclic) bond motifs is 1. The van der Waals surface area contributed by atoms with E-state index in [0.717, 1.165) is 37.4 Å². The molecule has 20 nitrogen and oxygen atoms in total. The van der Waals surface area contributed by atoms with E-state index in [1.165, 1.54) is 18.2 Å². The van der Waals surface area contributed by atoms with E-state index in [0.29, 0.717) is 85.9 Å². The van der Waals surface area contributed by atoms with Gasteiger partial charge in [-0.25, -0.2) is 4.79 Å². The lowest BCUT2D eigenvalue weighted by atomic mass is 10.0. The predicted octanol–water partition coefficient (Wildman–Crippen LogP) is 0.688. The number of carbonyl (C=O) groups is 6. The van der Waals surface area contributed by atoms with Crippen LogP contribution in [-0.4, -0.2) is 188 Å². The Balaban J connectivity index is 0.856. The van der Waals surface area contributed by atoms with Crippen LogP contribution in [0, 0.1) is 0 Å². The highest BCUT2D eigenvalue weighted by Gasteiger charge is 2.46. The molecule has 3 aliphatic heterocycles. The summed E-state index contributed by atoms with van der Waals surface area (Å²) in [6.07, 6.45) is 1.48. The second-order valence-corrected chi connectivity index (χ2v) is 15.3. The van der Waals surface area contributed by atoms with Crippen molar-refractivity contribution in [2.24, 2.45) is 0 Å². The summed E-state index contributed by atoms with van der Waals surface area (Å²) in [7, 11) is 0.